The van der Waals surface area contributed by atoms with Crippen LogP contribution in [-0.4, -0.2) is 25.4 Å². The van der Waals surface area contributed by atoms with Crippen LogP contribution in [0.3, 0.4) is 0 Å². The van der Waals surface area contributed by atoms with E-state index >= 15 is 0 Å². The number of nitrogens with zero attached hydrogens (tertiary/aromatic N) is 1. The maximum absolute atomic E-state index is 6.42. The quantitative estimate of drug-likeness (QED) is 0.619. The smallest absolute Gasteiger partial charge is 0.143 e. The molecule has 4 nitrogen and oxygen atoms in total. The lowest BCUT2D eigenvalue weighted by molar-refractivity contribution is 0.134. The number of ether oxygens (including phenoxy) is 1. The summed E-state index contributed by atoms with van der Waals surface area (Å²) in [7, 11) is 0. The monoisotopic (exact) mass is 336 g/mol. The van der Waals surface area contributed by atoms with E-state index in [-0.39, 0.29) is 11.5 Å². The van der Waals surface area contributed by atoms with Gasteiger partial charge in [-0.1, -0.05) is 54.5 Å². The Morgan fingerprint density at radius 2 is 1.96 bits per heavy atom. The van der Waals surface area contributed by atoms with Crippen LogP contribution in [0.5, 0.6) is 5.75 Å². The molecule has 2 unspecified atom stereocenters. The molecular weight excluding hydrogens is 312 g/mol. The van der Waals surface area contributed by atoms with E-state index in [2.05, 4.69) is 47.7 Å². The maximum atomic E-state index is 6.42. The van der Waals surface area contributed by atoms with Crippen molar-refractivity contribution in [3.8, 4) is 5.75 Å². The Kier molecular flexibility index (Phi) is 4.45. The van der Waals surface area contributed by atoms with Crippen molar-refractivity contribution in [2.45, 2.75) is 25.4 Å². The minimum absolute atomic E-state index is 0.263. The van der Waals surface area contributed by atoms with Crippen LogP contribution in [0, 0.1) is 5.92 Å². The summed E-state index contributed by atoms with van der Waals surface area (Å²) in [5.41, 5.74) is 3.02. The van der Waals surface area contributed by atoms with Gasteiger partial charge in [-0.3, -0.25) is 0 Å². The van der Waals surface area contributed by atoms with Crippen molar-refractivity contribution < 1.29 is 9.57 Å². The number of hydrogen-bond acceptors (Lipinski definition) is 4. The van der Waals surface area contributed by atoms with Crippen LogP contribution in [0.1, 0.15) is 30.9 Å². The lowest BCUT2D eigenvalue weighted by Crippen LogP contribution is -2.28. The highest BCUT2D eigenvalue weighted by atomic mass is 16.6. The average molecular weight is 336 g/mol. The highest BCUT2D eigenvalue weighted by Gasteiger charge is 2.64. The zero-order valence-electron chi connectivity index (χ0n) is 14.6. The van der Waals surface area contributed by atoms with Gasteiger partial charge < -0.3 is 14.9 Å². The molecule has 0 saturated heterocycles. The Bertz CT molecular complexity index is 760. The Morgan fingerprint density at radius 3 is 2.80 bits per heavy atom. The average Bonchev–Trinajstić information content (AvgIpc) is 3.40. The van der Waals surface area contributed by atoms with Crippen molar-refractivity contribution >= 4 is 5.71 Å². The molecule has 0 bridgehead atoms. The van der Waals surface area contributed by atoms with Crippen LogP contribution in [0.15, 0.2) is 59.8 Å². The van der Waals surface area contributed by atoms with Crippen LogP contribution in [0.4, 0.5) is 0 Å². The molecule has 1 fully saturated rings. The first-order valence-corrected chi connectivity index (χ1v) is 9.09. The van der Waals surface area contributed by atoms with E-state index < -0.39 is 0 Å². The van der Waals surface area contributed by atoms with Crippen LogP contribution in [0.2, 0.25) is 0 Å². The molecule has 1 N–H and O–H groups in total. The summed E-state index contributed by atoms with van der Waals surface area (Å²) in [6.07, 6.45) is 1.91. The summed E-state index contributed by atoms with van der Waals surface area (Å²) in [5, 5.41) is 7.82. The van der Waals surface area contributed by atoms with E-state index in [1.165, 1.54) is 5.56 Å². The Balaban J connectivity index is 1.56. The van der Waals surface area contributed by atoms with Crippen LogP contribution in [0.25, 0.3) is 0 Å². The van der Waals surface area contributed by atoms with Gasteiger partial charge in [0.25, 0.3) is 0 Å². The van der Waals surface area contributed by atoms with Gasteiger partial charge >= 0.3 is 0 Å². The third kappa shape index (κ3) is 3.02. The molecule has 4 rings (SSSR count). The molecule has 1 aliphatic carbocycles. The maximum Gasteiger partial charge on any atom is 0.143 e. The fourth-order valence-corrected chi connectivity index (χ4v) is 3.59. The highest BCUT2D eigenvalue weighted by Crippen LogP contribution is 2.60. The topological polar surface area (TPSA) is 42.8 Å². The molecule has 1 aliphatic heterocycles. The molecule has 2 aromatic rings. The van der Waals surface area contributed by atoms with E-state index in [1.54, 1.807) is 0 Å². The predicted molar refractivity (Wildman–Crippen MR) is 98.9 cm³/mol. The second-order valence-corrected chi connectivity index (χ2v) is 6.63. The normalized spacial score (nSPS) is 25.0. The van der Waals surface area contributed by atoms with Gasteiger partial charge in [0.15, 0.2) is 0 Å². The Hall–Kier alpha value is -2.33. The minimum Gasteiger partial charge on any atom is -0.481 e. The van der Waals surface area contributed by atoms with Gasteiger partial charge in [-0.2, -0.15) is 0 Å². The molecule has 0 spiro atoms. The Labute approximate surface area is 148 Å². The third-order valence-electron chi connectivity index (χ3n) is 4.96. The van der Waals surface area contributed by atoms with Crippen molar-refractivity contribution in [1.82, 2.24) is 5.32 Å². The lowest BCUT2D eigenvalue weighted by atomic mass is 9.96. The summed E-state index contributed by atoms with van der Waals surface area (Å²) in [6.45, 7) is 4.68. The fraction of sp³-hybridized carbons (Fsp3) is 0.381. The van der Waals surface area contributed by atoms with E-state index in [1.807, 2.05) is 24.3 Å². The first-order valence-electron chi connectivity index (χ1n) is 9.09. The molecule has 0 aromatic heterocycles. The Morgan fingerprint density at radius 1 is 1.16 bits per heavy atom. The van der Waals surface area contributed by atoms with Gasteiger partial charge in [-0.25, -0.2) is 0 Å². The van der Waals surface area contributed by atoms with Gasteiger partial charge in [0.05, 0.1) is 11.6 Å². The highest BCUT2D eigenvalue weighted by molar-refractivity contribution is 6.08. The zero-order valence-corrected chi connectivity index (χ0v) is 14.6. The summed E-state index contributed by atoms with van der Waals surface area (Å²) in [5.74, 6) is 1.16. The van der Waals surface area contributed by atoms with Gasteiger partial charge in [0.1, 0.15) is 18.0 Å². The molecule has 130 valence electrons. The van der Waals surface area contributed by atoms with Crippen molar-refractivity contribution in [3.63, 3.8) is 0 Å². The number of para-hydroxylation sites is 1. The van der Waals surface area contributed by atoms with E-state index in [4.69, 9.17) is 9.57 Å². The van der Waals surface area contributed by atoms with Gasteiger partial charge in [-0.15, -0.1) is 0 Å². The van der Waals surface area contributed by atoms with Gasteiger partial charge in [0.2, 0.25) is 0 Å². The van der Waals surface area contributed by atoms with Crippen LogP contribution in [-0.2, 0) is 10.4 Å². The summed E-state index contributed by atoms with van der Waals surface area (Å²) >= 11 is 0. The van der Waals surface area contributed by atoms with Gasteiger partial charge in [0, 0.05) is 12.0 Å². The fourth-order valence-electron chi connectivity index (χ4n) is 3.59. The standard InChI is InChI=1S/C21H24N2O2/c1-2-22-13-8-14-24-23-20-17-11-6-7-12-19(17)25-21(15-18(20)21)16-9-4-3-5-10-16/h3-7,9-12,18,22H,2,8,13-15H2,1H3. The number of oxime groups is 1. The van der Waals surface area contributed by atoms with E-state index in [9.17, 15) is 0 Å². The summed E-state index contributed by atoms with van der Waals surface area (Å²) < 4.78 is 6.42. The van der Waals surface area contributed by atoms with Crippen molar-refractivity contribution in [2.75, 3.05) is 19.7 Å². The molecule has 2 aromatic carbocycles. The first kappa shape index (κ1) is 16.2. The summed E-state index contributed by atoms with van der Waals surface area (Å²) in [4.78, 5) is 5.65. The molecule has 0 radical (unpaired) electrons. The number of hydrogen-bond donors (Lipinski definition) is 1. The predicted octanol–water partition coefficient (Wildman–Crippen LogP) is 3.71. The van der Waals surface area contributed by atoms with E-state index in [0.29, 0.717) is 6.61 Å². The van der Waals surface area contributed by atoms with Crippen LogP contribution < -0.4 is 10.1 Å². The zero-order chi connectivity index (χ0) is 17.1. The molecule has 2 atom stereocenters. The number of nitrogens with one attached hydrogen (secondary N) is 1. The molecule has 2 aliphatic rings. The summed E-state index contributed by atoms with van der Waals surface area (Å²) in [6, 6.07) is 18.6. The minimum atomic E-state index is -0.276. The molecule has 4 heteroatoms. The first-order chi connectivity index (χ1) is 12.3. The third-order valence-corrected chi connectivity index (χ3v) is 4.96. The van der Waals surface area contributed by atoms with Crippen molar-refractivity contribution in [1.29, 1.82) is 0 Å². The molecule has 25 heavy (non-hydrogen) atoms. The van der Waals surface area contributed by atoms with Gasteiger partial charge in [-0.05, 0) is 37.2 Å². The molecule has 1 saturated carbocycles. The van der Waals surface area contributed by atoms with Crippen LogP contribution >= 0.6 is 0 Å². The van der Waals surface area contributed by atoms with Crippen molar-refractivity contribution in [3.05, 3.63) is 65.7 Å². The SMILES string of the molecule is CCNCCCON=C1c2ccccc2OC2(c3ccccc3)CC12. The number of rotatable bonds is 7. The second kappa shape index (κ2) is 6.89. The lowest BCUT2D eigenvalue weighted by Gasteiger charge is -2.27. The largest absolute Gasteiger partial charge is 0.481 e. The number of fused-ring (bicyclic) bond motifs is 2. The number of benzene rings is 2. The molecule has 1 heterocycles. The second-order valence-electron chi connectivity index (χ2n) is 6.63. The molecular formula is C21H24N2O2. The van der Waals surface area contributed by atoms with E-state index in [0.717, 1.165) is 43.0 Å². The van der Waals surface area contributed by atoms with Crippen molar-refractivity contribution in [2.24, 2.45) is 11.1 Å². The molecule has 0 amide bonds.